The van der Waals surface area contributed by atoms with Crippen LogP contribution in [-0.4, -0.2) is 54.2 Å². The van der Waals surface area contributed by atoms with Crippen molar-refractivity contribution >= 4 is 28.0 Å². The van der Waals surface area contributed by atoms with E-state index in [0.717, 1.165) is 60.6 Å². The number of pyridine rings is 2. The van der Waals surface area contributed by atoms with Gasteiger partial charge in [-0.2, -0.15) is 13.2 Å². The first-order chi connectivity index (χ1) is 17.8. The summed E-state index contributed by atoms with van der Waals surface area (Å²) >= 11 is 0. The third-order valence-corrected chi connectivity index (χ3v) is 6.42. The van der Waals surface area contributed by atoms with Crippen molar-refractivity contribution in [3.8, 4) is 5.75 Å². The molecular weight excluding hydrogens is 479 g/mol. The zero-order valence-electron chi connectivity index (χ0n) is 20.5. The molecule has 5 rings (SSSR count). The normalized spacial score (nSPS) is 14.6. The van der Waals surface area contributed by atoms with Crippen LogP contribution in [0.3, 0.4) is 0 Å². The second kappa shape index (κ2) is 10.6. The van der Waals surface area contributed by atoms with E-state index in [1.807, 2.05) is 55.6 Å². The quantitative estimate of drug-likeness (QED) is 0.336. The maximum absolute atomic E-state index is 13.7. The Morgan fingerprint density at radius 2 is 1.78 bits per heavy atom. The fourth-order valence-electron chi connectivity index (χ4n) is 4.55. The van der Waals surface area contributed by atoms with Gasteiger partial charge in [-0.3, -0.25) is 14.9 Å². The van der Waals surface area contributed by atoms with Gasteiger partial charge < -0.3 is 15.0 Å². The molecule has 0 aliphatic carbocycles. The van der Waals surface area contributed by atoms with Gasteiger partial charge in [0.15, 0.2) is 0 Å². The first-order valence-electron chi connectivity index (χ1n) is 12.2. The monoisotopic (exact) mass is 507 g/mol. The van der Waals surface area contributed by atoms with Crippen molar-refractivity contribution in [2.24, 2.45) is 0 Å². The van der Waals surface area contributed by atoms with Crippen LogP contribution in [0.4, 0.5) is 30.2 Å². The molecule has 0 radical (unpaired) electrons. The molecule has 9 heteroatoms. The van der Waals surface area contributed by atoms with Gasteiger partial charge in [0.25, 0.3) is 0 Å². The van der Waals surface area contributed by atoms with Crippen LogP contribution in [0.2, 0.25) is 0 Å². The number of ether oxygens (including phenoxy) is 1. The summed E-state index contributed by atoms with van der Waals surface area (Å²) in [5, 5.41) is 3.99. The summed E-state index contributed by atoms with van der Waals surface area (Å²) < 4.78 is 46.9. The minimum atomic E-state index is -4.49. The van der Waals surface area contributed by atoms with Gasteiger partial charge in [0, 0.05) is 67.4 Å². The van der Waals surface area contributed by atoms with Gasteiger partial charge in [-0.15, -0.1) is 0 Å². The molecule has 1 N–H and O–H groups in total. The topological polar surface area (TPSA) is 53.5 Å². The molecule has 4 aromatic rings. The molecule has 2 aromatic heterocycles. The second-order valence-corrected chi connectivity index (χ2v) is 9.09. The molecule has 0 saturated carbocycles. The number of aromatic nitrogens is 2. The van der Waals surface area contributed by atoms with Crippen molar-refractivity contribution in [2.75, 3.05) is 49.5 Å². The zero-order valence-corrected chi connectivity index (χ0v) is 20.5. The van der Waals surface area contributed by atoms with Crippen molar-refractivity contribution < 1.29 is 17.9 Å². The summed E-state index contributed by atoms with van der Waals surface area (Å²) in [5.41, 5.74) is 2.89. The number of benzene rings is 2. The van der Waals surface area contributed by atoms with Gasteiger partial charge in [0.05, 0.1) is 23.0 Å². The molecule has 0 unspecified atom stereocenters. The summed E-state index contributed by atoms with van der Waals surface area (Å²) in [5.74, 6) is 0.182. The highest BCUT2D eigenvalue weighted by Crippen LogP contribution is 2.36. The predicted molar refractivity (Wildman–Crippen MR) is 140 cm³/mol. The van der Waals surface area contributed by atoms with Crippen LogP contribution in [0.25, 0.3) is 10.9 Å². The lowest BCUT2D eigenvalue weighted by Gasteiger charge is -2.35. The van der Waals surface area contributed by atoms with Crippen LogP contribution in [-0.2, 0) is 6.18 Å². The third-order valence-electron chi connectivity index (χ3n) is 6.42. The number of hydrogen-bond donors (Lipinski definition) is 1. The van der Waals surface area contributed by atoms with E-state index in [0.29, 0.717) is 24.5 Å². The van der Waals surface area contributed by atoms with Crippen LogP contribution < -0.4 is 15.0 Å². The van der Waals surface area contributed by atoms with Crippen molar-refractivity contribution in [3.63, 3.8) is 0 Å². The van der Waals surface area contributed by atoms with Crippen molar-refractivity contribution in [3.05, 3.63) is 84.3 Å². The van der Waals surface area contributed by atoms with Gasteiger partial charge in [0.2, 0.25) is 0 Å². The summed E-state index contributed by atoms with van der Waals surface area (Å²) in [6, 6.07) is 17.1. The number of rotatable bonds is 7. The predicted octanol–water partition coefficient (Wildman–Crippen LogP) is 5.90. The number of aryl methyl sites for hydroxylation is 1. The molecule has 3 heterocycles. The summed E-state index contributed by atoms with van der Waals surface area (Å²) in [6.45, 7) is 6.21. The van der Waals surface area contributed by atoms with Gasteiger partial charge in [0.1, 0.15) is 12.4 Å². The average molecular weight is 508 g/mol. The Hall–Kier alpha value is -3.85. The number of fused-ring (bicyclic) bond motifs is 1. The SMILES string of the molecule is Cc1cc(Nc2cc(OCCN3CCN(c4cccnc4)CC3)cc(C(F)(F)F)c2)c2ccccc2n1. The molecule has 1 aliphatic rings. The first kappa shape index (κ1) is 24.8. The highest BCUT2D eigenvalue weighted by Gasteiger charge is 2.31. The van der Waals surface area contributed by atoms with Crippen LogP contribution in [0.5, 0.6) is 5.75 Å². The molecule has 1 fully saturated rings. The maximum Gasteiger partial charge on any atom is 0.416 e. The number of piperazine rings is 1. The Labute approximate surface area is 213 Å². The van der Waals surface area contributed by atoms with E-state index in [9.17, 15) is 13.2 Å². The number of nitrogens with one attached hydrogen (secondary N) is 1. The number of nitrogens with zero attached hydrogens (tertiary/aromatic N) is 4. The first-order valence-corrected chi connectivity index (χ1v) is 12.2. The highest BCUT2D eigenvalue weighted by atomic mass is 19.4. The average Bonchev–Trinajstić information content (AvgIpc) is 2.89. The summed E-state index contributed by atoms with van der Waals surface area (Å²) in [6.07, 6.45) is -0.880. The van der Waals surface area contributed by atoms with E-state index in [1.54, 1.807) is 12.3 Å². The molecule has 2 aromatic carbocycles. The number of alkyl halides is 3. The highest BCUT2D eigenvalue weighted by molar-refractivity contribution is 5.93. The molecule has 37 heavy (non-hydrogen) atoms. The van der Waals surface area contributed by atoms with Crippen LogP contribution >= 0.6 is 0 Å². The van der Waals surface area contributed by atoms with E-state index in [2.05, 4.69) is 25.1 Å². The smallest absolute Gasteiger partial charge is 0.416 e. The number of para-hydroxylation sites is 1. The lowest BCUT2D eigenvalue weighted by Crippen LogP contribution is -2.47. The Balaban J connectivity index is 1.26. The van der Waals surface area contributed by atoms with E-state index < -0.39 is 11.7 Å². The fraction of sp³-hybridized carbons (Fsp3) is 0.286. The molecule has 6 nitrogen and oxygen atoms in total. The Kier molecular flexibility index (Phi) is 7.14. The number of hydrogen-bond acceptors (Lipinski definition) is 6. The molecule has 0 spiro atoms. The van der Waals surface area contributed by atoms with Crippen molar-refractivity contribution in [1.29, 1.82) is 0 Å². The van der Waals surface area contributed by atoms with Crippen LogP contribution in [0, 0.1) is 6.92 Å². The molecule has 1 aliphatic heterocycles. The minimum Gasteiger partial charge on any atom is -0.492 e. The lowest BCUT2D eigenvalue weighted by atomic mass is 10.1. The van der Waals surface area contributed by atoms with Gasteiger partial charge in [-0.1, -0.05) is 18.2 Å². The van der Waals surface area contributed by atoms with Gasteiger partial charge in [-0.25, -0.2) is 0 Å². The molecule has 1 saturated heterocycles. The fourth-order valence-corrected chi connectivity index (χ4v) is 4.55. The molecule has 192 valence electrons. The second-order valence-electron chi connectivity index (χ2n) is 9.09. The molecule has 0 atom stereocenters. The summed E-state index contributed by atoms with van der Waals surface area (Å²) in [7, 11) is 0. The van der Waals surface area contributed by atoms with E-state index >= 15 is 0 Å². The minimum absolute atomic E-state index is 0.182. The number of anilines is 3. The standard InChI is InChI=1S/C28H28F3N5O/c1-20-15-27(25-6-2-3-7-26(25)33-20)34-22-16-21(28(29,30)31)17-24(18-22)37-14-13-35-9-11-36(12-10-35)23-5-4-8-32-19-23/h2-8,15-19H,9-14H2,1H3,(H,33,34). The van der Waals surface area contributed by atoms with Crippen LogP contribution in [0.15, 0.2) is 73.1 Å². The largest absolute Gasteiger partial charge is 0.492 e. The molecule has 0 amide bonds. The van der Waals surface area contributed by atoms with E-state index in [-0.39, 0.29) is 5.75 Å². The maximum atomic E-state index is 13.7. The van der Waals surface area contributed by atoms with Gasteiger partial charge in [-0.05, 0) is 43.3 Å². The van der Waals surface area contributed by atoms with Crippen LogP contribution in [0.1, 0.15) is 11.3 Å². The van der Waals surface area contributed by atoms with E-state index in [1.165, 1.54) is 0 Å². The Morgan fingerprint density at radius 1 is 0.973 bits per heavy atom. The Morgan fingerprint density at radius 3 is 2.54 bits per heavy atom. The lowest BCUT2D eigenvalue weighted by molar-refractivity contribution is -0.137. The van der Waals surface area contributed by atoms with Gasteiger partial charge >= 0.3 is 6.18 Å². The Bertz CT molecular complexity index is 1360. The number of halogens is 3. The zero-order chi connectivity index (χ0) is 25.8. The van der Waals surface area contributed by atoms with Crippen molar-refractivity contribution in [1.82, 2.24) is 14.9 Å². The van der Waals surface area contributed by atoms with E-state index in [4.69, 9.17) is 4.74 Å². The third kappa shape index (κ3) is 6.11. The van der Waals surface area contributed by atoms with Crippen molar-refractivity contribution in [2.45, 2.75) is 13.1 Å². The molecular formula is C28H28F3N5O. The summed E-state index contributed by atoms with van der Waals surface area (Å²) in [4.78, 5) is 13.2. The molecule has 0 bridgehead atoms.